The van der Waals surface area contributed by atoms with Crippen LogP contribution < -0.4 is 4.74 Å². The van der Waals surface area contributed by atoms with Crippen LogP contribution in [0.15, 0.2) is 29.2 Å². The minimum atomic E-state index is 0.621. The second kappa shape index (κ2) is 5.18. The lowest BCUT2D eigenvalue weighted by molar-refractivity contribution is 0.256. The number of hydrogen-bond acceptors (Lipinski definition) is 2. The lowest BCUT2D eigenvalue weighted by Crippen LogP contribution is -2.06. The van der Waals surface area contributed by atoms with Gasteiger partial charge in [-0.05, 0) is 30.2 Å². The van der Waals surface area contributed by atoms with Crippen LogP contribution >= 0.6 is 12.6 Å². The van der Waals surface area contributed by atoms with Gasteiger partial charge in [-0.15, -0.1) is 12.6 Å². The van der Waals surface area contributed by atoms with E-state index in [0.717, 1.165) is 23.7 Å². The second-order valence-electron chi connectivity index (χ2n) is 3.32. The van der Waals surface area contributed by atoms with E-state index in [1.807, 2.05) is 24.3 Å². The van der Waals surface area contributed by atoms with Crippen molar-refractivity contribution in [3.63, 3.8) is 0 Å². The van der Waals surface area contributed by atoms with E-state index in [1.165, 1.54) is 0 Å². The summed E-state index contributed by atoms with van der Waals surface area (Å²) in [6.07, 6.45) is 1.16. The number of thiol groups is 1. The molecular formula is C11H16OS. The number of benzene rings is 1. The zero-order valence-corrected chi connectivity index (χ0v) is 9.05. The van der Waals surface area contributed by atoms with E-state index in [1.54, 1.807) is 0 Å². The van der Waals surface area contributed by atoms with Crippen LogP contribution in [0.2, 0.25) is 0 Å². The van der Waals surface area contributed by atoms with E-state index in [-0.39, 0.29) is 0 Å². The van der Waals surface area contributed by atoms with Gasteiger partial charge in [0.2, 0.25) is 0 Å². The Kier molecular flexibility index (Phi) is 4.16. The smallest absolute Gasteiger partial charge is 0.119 e. The molecule has 1 aromatic rings. The van der Waals surface area contributed by atoms with E-state index in [0.29, 0.717) is 5.92 Å². The molecule has 0 unspecified atom stereocenters. The predicted octanol–water partition coefficient (Wildman–Crippen LogP) is 3.40. The van der Waals surface area contributed by atoms with E-state index in [2.05, 4.69) is 26.5 Å². The van der Waals surface area contributed by atoms with Gasteiger partial charge in [-0.2, -0.15) is 0 Å². The number of rotatable bonds is 4. The first-order chi connectivity index (χ1) is 6.22. The Hall–Kier alpha value is -0.630. The summed E-state index contributed by atoms with van der Waals surface area (Å²) in [6.45, 7) is 5.15. The van der Waals surface area contributed by atoms with Crippen molar-refractivity contribution in [3.05, 3.63) is 24.3 Å². The Labute approximate surface area is 85.5 Å². The maximum Gasteiger partial charge on any atom is 0.119 e. The molecule has 0 bridgehead atoms. The summed E-state index contributed by atoms with van der Waals surface area (Å²) in [5.74, 6) is 1.55. The highest BCUT2D eigenvalue weighted by molar-refractivity contribution is 7.80. The highest BCUT2D eigenvalue weighted by Gasteiger charge is 1.99. The molecule has 0 amide bonds. The van der Waals surface area contributed by atoms with Crippen LogP contribution in [0.1, 0.15) is 20.3 Å². The van der Waals surface area contributed by atoms with Crippen LogP contribution in [0.3, 0.4) is 0 Å². The predicted molar refractivity (Wildman–Crippen MR) is 58.6 cm³/mol. The topological polar surface area (TPSA) is 9.23 Å². The van der Waals surface area contributed by atoms with Gasteiger partial charge in [0.25, 0.3) is 0 Å². The van der Waals surface area contributed by atoms with Crippen molar-refractivity contribution in [1.29, 1.82) is 0 Å². The average molecular weight is 196 g/mol. The molecule has 1 aromatic carbocycles. The first-order valence-electron chi connectivity index (χ1n) is 4.64. The summed E-state index contributed by atoms with van der Waals surface area (Å²) in [5.41, 5.74) is 0. The summed E-state index contributed by atoms with van der Waals surface area (Å²) in [7, 11) is 0. The van der Waals surface area contributed by atoms with E-state index in [9.17, 15) is 0 Å². The van der Waals surface area contributed by atoms with Crippen LogP contribution in [-0.2, 0) is 0 Å². The van der Waals surface area contributed by atoms with E-state index >= 15 is 0 Å². The first-order valence-corrected chi connectivity index (χ1v) is 5.09. The summed E-state index contributed by atoms with van der Waals surface area (Å²) in [6, 6.07) is 7.78. The summed E-state index contributed by atoms with van der Waals surface area (Å²) < 4.78 is 5.58. The van der Waals surface area contributed by atoms with Crippen molar-refractivity contribution in [1.82, 2.24) is 0 Å². The molecule has 0 heterocycles. The van der Waals surface area contributed by atoms with Gasteiger partial charge in [-0.1, -0.05) is 20.3 Å². The molecule has 0 saturated heterocycles. The van der Waals surface area contributed by atoms with Crippen LogP contribution in [0.4, 0.5) is 0 Å². The Morgan fingerprint density at radius 3 is 2.46 bits per heavy atom. The highest BCUT2D eigenvalue weighted by Crippen LogP contribution is 2.15. The van der Waals surface area contributed by atoms with Crippen molar-refractivity contribution in [2.75, 3.05) is 6.61 Å². The fourth-order valence-corrected chi connectivity index (χ4v) is 1.05. The second-order valence-corrected chi connectivity index (χ2v) is 3.83. The Bertz CT molecular complexity index is 243. The van der Waals surface area contributed by atoms with Crippen molar-refractivity contribution in [2.45, 2.75) is 25.2 Å². The van der Waals surface area contributed by atoms with Crippen molar-refractivity contribution < 1.29 is 4.74 Å². The molecule has 72 valence electrons. The molecular weight excluding hydrogens is 180 g/mol. The molecule has 0 aliphatic carbocycles. The lowest BCUT2D eigenvalue weighted by Gasteiger charge is -2.10. The molecule has 1 nitrogen and oxygen atoms in total. The number of ether oxygens (including phenoxy) is 1. The maximum atomic E-state index is 5.58. The van der Waals surface area contributed by atoms with Gasteiger partial charge >= 0.3 is 0 Å². The standard InChI is InChI=1S/C11H16OS/c1-3-9(2)8-12-10-4-6-11(13)7-5-10/h4-7,9,13H,3,8H2,1-2H3/t9-/m0/s1. The maximum absolute atomic E-state index is 5.58. The van der Waals surface area contributed by atoms with Crippen LogP contribution in [0.5, 0.6) is 5.75 Å². The normalized spacial score (nSPS) is 12.5. The quantitative estimate of drug-likeness (QED) is 0.726. The summed E-state index contributed by atoms with van der Waals surface area (Å²) in [5, 5.41) is 0. The molecule has 0 aromatic heterocycles. The first kappa shape index (κ1) is 10.5. The largest absolute Gasteiger partial charge is 0.493 e. The molecule has 0 saturated carbocycles. The third kappa shape index (κ3) is 3.73. The summed E-state index contributed by atoms with van der Waals surface area (Å²) in [4.78, 5) is 0.968. The molecule has 0 spiro atoms. The zero-order chi connectivity index (χ0) is 9.68. The Morgan fingerprint density at radius 1 is 1.31 bits per heavy atom. The lowest BCUT2D eigenvalue weighted by atomic mass is 10.1. The van der Waals surface area contributed by atoms with Gasteiger partial charge in [-0.25, -0.2) is 0 Å². The van der Waals surface area contributed by atoms with Crippen LogP contribution in [0.25, 0.3) is 0 Å². The third-order valence-corrected chi connectivity index (χ3v) is 2.37. The molecule has 0 aliphatic heterocycles. The van der Waals surface area contributed by atoms with Gasteiger partial charge in [-0.3, -0.25) is 0 Å². The van der Waals surface area contributed by atoms with Crippen molar-refractivity contribution in [2.24, 2.45) is 5.92 Å². The molecule has 0 N–H and O–H groups in total. The van der Waals surface area contributed by atoms with Crippen LogP contribution in [0, 0.1) is 5.92 Å². The van der Waals surface area contributed by atoms with E-state index < -0.39 is 0 Å². The fourth-order valence-electron chi connectivity index (χ4n) is 0.899. The molecule has 2 heteroatoms. The molecule has 1 atom stereocenters. The molecule has 0 radical (unpaired) electrons. The zero-order valence-electron chi connectivity index (χ0n) is 8.16. The minimum Gasteiger partial charge on any atom is -0.493 e. The van der Waals surface area contributed by atoms with Gasteiger partial charge in [0, 0.05) is 4.90 Å². The van der Waals surface area contributed by atoms with Crippen molar-refractivity contribution >= 4 is 12.6 Å². The van der Waals surface area contributed by atoms with Gasteiger partial charge < -0.3 is 4.74 Å². The summed E-state index contributed by atoms with van der Waals surface area (Å²) >= 11 is 4.20. The average Bonchev–Trinajstić information content (AvgIpc) is 2.16. The minimum absolute atomic E-state index is 0.621. The Morgan fingerprint density at radius 2 is 1.92 bits per heavy atom. The van der Waals surface area contributed by atoms with E-state index in [4.69, 9.17) is 4.74 Å². The number of hydrogen-bond donors (Lipinski definition) is 1. The molecule has 13 heavy (non-hydrogen) atoms. The third-order valence-electron chi connectivity index (χ3n) is 2.07. The van der Waals surface area contributed by atoms with Gasteiger partial charge in [0.05, 0.1) is 6.61 Å². The molecule has 1 rings (SSSR count). The van der Waals surface area contributed by atoms with Gasteiger partial charge in [0.15, 0.2) is 0 Å². The monoisotopic (exact) mass is 196 g/mol. The van der Waals surface area contributed by atoms with Crippen molar-refractivity contribution in [3.8, 4) is 5.75 Å². The molecule has 0 fully saturated rings. The van der Waals surface area contributed by atoms with Crippen LogP contribution in [-0.4, -0.2) is 6.61 Å². The molecule has 0 aliphatic rings. The SMILES string of the molecule is CC[C@H](C)COc1ccc(S)cc1. The van der Waals surface area contributed by atoms with Gasteiger partial charge in [0.1, 0.15) is 5.75 Å². The highest BCUT2D eigenvalue weighted by atomic mass is 32.1. The Balaban J connectivity index is 2.41. The fraction of sp³-hybridized carbons (Fsp3) is 0.455.